The Bertz CT molecular complexity index is 1390. The summed E-state index contributed by atoms with van der Waals surface area (Å²) in [6.45, 7) is 2.38. The fraction of sp³-hybridized carbons (Fsp3) is 0.312. The Balaban J connectivity index is 1.68. The molecule has 3 N–H and O–H groups in total. The zero-order chi connectivity index (χ0) is 31.4. The predicted octanol–water partition coefficient (Wildman–Crippen LogP) is 4.15. The average molecular weight is 614 g/mol. The number of alkyl halides is 2. The van der Waals surface area contributed by atoms with Crippen LogP contribution in [-0.2, 0) is 32.0 Å². The van der Waals surface area contributed by atoms with Crippen molar-refractivity contribution in [2.75, 3.05) is 13.2 Å². The number of Topliss-reactive ketones (excluding diaryl/α,β-unsaturated/α-hetero) is 1. The molecule has 0 aliphatic heterocycles. The first-order valence-electron chi connectivity index (χ1n) is 13.7. The van der Waals surface area contributed by atoms with Gasteiger partial charge in [-0.2, -0.15) is 8.78 Å². The largest absolute Gasteiger partial charge is 0.484 e. The smallest absolute Gasteiger partial charge is 0.383 e. The Morgan fingerprint density at radius 1 is 0.860 bits per heavy atom. The number of hydrogen-bond donors (Lipinski definition) is 3. The molecule has 3 amide bonds. The van der Waals surface area contributed by atoms with Crippen LogP contribution < -0.4 is 20.7 Å². The van der Waals surface area contributed by atoms with Crippen LogP contribution in [0.4, 0.5) is 8.78 Å². The lowest BCUT2D eigenvalue weighted by molar-refractivity contribution is -0.161. The molecule has 0 bridgehead atoms. The lowest BCUT2D eigenvalue weighted by atomic mass is 9.94. The highest BCUT2D eigenvalue weighted by molar-refractivity contribution is 6.30. The molecule has 0 heterocycles. The minimum Gasteiger partial charge on any atom is -0.484 e. The molecule has 8 nitrogen and oxygen atoms in total. The molecule has 0 aliphatic carbocycles. The molecule has 3 rings (SSSR count). The zero-order valence-corrected chi connectivity index (χ0v) is 24.6. The molecule has 0 saturated heterocycles. The van der Waals surface area contributed by atoms with Crippen LogP contribution in [-0.4, -0.2) is 54.7 Å². The van der Waals surface area contributed by atoms with Gasteiger partial charge in [-0.1, -0.05) is 92.2 Å². The van der Waals surface area contributed by atoms with Gasteiger partial charge in [0.1, 0.15) is 11.8 Å². The van der Waals surface area contributed by atoms with Gasteiger partial charge in [0.2, 0.25) is 11.7 Å². The molecule has 11 heteroatoms. The van der Waals surface area contributed by atoms with Crippen LogP contribution in [0, 0.1) is 5.92 Å². The number of ether oxygens (including phenoxy) is 1. The van der Waals surface area contributed by atoms with E-state index >= 15 is 8.78 Å². The fourth-order valence-electron chi connectivity index (χ4n) is 4.17. The minimum atomic E-state index is -4.40. The van der Waals surface area contributed by atoms with Gasteiger partial charge in [0.25, 0.3) is 11.8 Å². The van der Waals surface area contributed by atoms with E-state index in [1.807, 2.05) is 0 Å². The van der Waals surface area contributed by atoms with Gasteiger partial charge in [-0.15, -0.1) is 0 Å². The lowest BCUT2D eigenvalue weighted by Crippen LogP contribution is -2.59. The number of ketones is 1. The molecule has 228 valence electrons. The van der Waals surface area contributed by atoms with E-state index < -0.39 is 54.0 Å². The first-order chi connectivity index (χ1) is 20.5. The maximum Gasteiger partial charge on any atom is 0.383 e. The number of halogens is 3. The van der Waals surface area contributed by atoms with E-state index in [0.29, 0.717) is 22.8 Å². The quantitative estimate of drug-likeness (QED) is 0.223. The maximum atomic E-state index is 15.0. The first-order valence-corrected chi connectivity index (χ1v) is 14.1. The van der Waals surface area contributed by atoms with E-state index in [-0.39, 0.29) is 13.0 Å². The Labute approximate surface area is 254 Å². The summed E-state index contributed by atoms with van der Waals surface area (Å²) in [5.41, 5.74) is 1.50. The summed E-state index contributed by atoms with van der Waals surface area (Å²) in [6.07, 6.45) is 0.300. The van der Waals surface area contributed by atoms with Crippen LogP contribution in [0.3, 0.4) is 0 Å². The summed E-state index contributed by atoms with van der Waals surface area (Å²) in [7, 11) is 0. The van der Waals surface area contributed by atoms with Crippen LogP contribution in [0.2, 0.25) is 5.02 Å². The Hall–Kier alpha value is -4.31. The van der Waals surface area contributed by atoms with Crippen molar-refractivity contribution in [2.45, 2.75) is 44.7 Å². The number of hydrogen-bond acceptors (Lipinski definition) is 5. The highest BCUT2D eigenvalue weighted by atomic mass is 35.5. The molecule has 0 saturated carbocycles. The number of rotatable bonds is 15. The van der Waals surface area contributed by atoms with Crippen LogP contribution in [0.25, 0.3) is 0 Å². The van der Waals surface area contributed by atoms with Gasteiger partial charge >= 0.3 is 5.92 Å². The van der Waals surface area contributed by atoms with E-state index in [0.717, 1.165) is 5.56 Å². The maximum absolute atomic E-state index is 15.0. The van der Waals surface area contributed by atoms with Crippen molar-refractivity contribution in [2.24, 2.45) is 5.92 Å². The first kappa shape index (κ1) is 33.2. The number of carbonyl (C=O) groups excluding carboxylic acids is 4. The fourth-order valence-corrected chi connectivity index (χ4v) is 4.35. The van der Waals surface area contributed by atoms with Gasteiger partial charge in [-0.25, -0.2) is 0 Å². The van der Waals surface area contributed by atoms with E-state index in [2.05, 4.69) is 16.0 Å². The van der Waals surface area contributed by atoms with Crippen LogP contribution in [0.15, 0.2) is 84.9 Å². The summed E-state index contributed by atoms with van der Waals surface area (Å²) in [6, 6.07) is 21.1. The van der Waals surface area contributed by atoms with Crippen LogP contribution >= 0.6 is 11.6 Å². The third-order valence-corrected chi connectivity index (χ3v) is 6.72. The van der Waals surface area contributed by atoms with Gasteiger partial charge in [0.15, 0.2) is 6.61 Å². The molecule has 0 radical (unpaired) electrons. The monoisotopic (exact) mass is 613 g/mol. The van der Waals surface area contributed by atoms with Gasteiger partial charge in [-0.3, -0.25) is 19.2 Å². The van der Waals surface area contributed by atoms with E-state index in [4.69, 9.17) is 16.3 Å². The Morgan fingerprint density at radius 2 is 1.49 bits per heavy atom. The van der Waals surface area contributed by atoms with Crippen molar-refractivity contribution in [1.82, 2.24) is 16.0 Å². The minimum absolute atomic E-state index is 0.00491. The number of carbonyl (C=O) groups is 4. The molecule has 2 unspecified atom stereocenters. The molecule has 0 spiro atoms. The SMILES string of the molecule is CC(C)C(NC(=O)C(Cc1ccccc1)NC(=O)COc1cccc(Cl)c1)C(=O)C(F)(F)C(=O)NCCc1ccccc1. The molecule has 3 aromatic rings. The van der Waals surface area contributed by atoms with Gasteiger partial charge in [-0.05, 0) is 41.7 Å². The predicted molar refractivity (Wildman–Crippen MR) is 159 cm³/mol. The summed E-state index contributed by atoms with van der Waals surface area (Å²) < 4.78 is 35.5. The van der Waals surface area contributed by atoms with Crippen molar-refractivity contribution < 1.29 is 32.7 Å². The Morgan fingerprint density at radius 3 is 2.09 bits per heavy atom. The molecule has 0 aliphatic rings. The van der Waals surface area contributed by atoms with Gasteiger partial charge < -0.3 is 20.7 Å². The third-order valence-electron chi connectivity index (χ3n) is 6.48. The summed E-state index contributed by atoms with van der Waals surface area (Å²) in [4.78, 5) is 51.4. The topological polar surface area (TPSA) is 114 Å². The second-order valence-electron chi connectivity index (χ2n) is 10.2. The normalized spacial score (nSPS) is 12.6. The molecule has 0 fully saturated rings. The Kier molecular flexibility index (Phi) is 12.2. The molecule has 3 aromatic carbocycles. The van der Waals surface area contributed by atoms with Crippen molar-refractivity contribution in [3.8, 4) is 5.75 Å². The number of nitrogens with one attached hydrogen (secondary N) is 3. The van der Waals surface area contributed by atoms with Crippen molar-refractivity contribution >= 4 is 35.1 Å². The van der Waals surface area contributed by atoms with E-state index in [1.165, 1.54) is 19.9 Å². The molecule has 2 atom stereocenters. The third kappa shape index (κ3) is 10.2. The van der Waals surface area contributed by atoms with E-state index in [1.54, 1.807) is 78.9 Å². The van der Waals surface area contributed by atoms with Crippen LogP contribution in [0.5, 0.6) is 5.75 Å². The summed E-state index contributed by atoms with van der Waals surface area (Å²) in [5, 5.41) is 7.41. The molecule has 43 heavy (non-hydrogen) atoms. The second kappa shape index (κ2) is 15.8. The lowest BCUT2D eigenvalue weighted by Gasteiger charge is -2.27. The number of amides is 3. The average Bonchev–Trinajstić information content (AvgIpc) is 2.99. The van der Waals surface area contributed by atoms with Crippen LogP contribution in [0.1, 0.15) is 25.0 Å². The van der Waals surface area contributed by atoms with Gasteiger partial charge in [0.05, 0.1) is 6.04 Å². The molecular weight excluding hydrogens is 580 g/mol. The standard InChI is InChI=1S/C32H34ClF2N3O5/c1-21(2)28(29(40)32(34,35)31(42)36-17-16-22-10-5-3-6-11-22)38-30(41)26(18-23-12-7-4-8-13-23)37-27(39)20-43-25-15-9-14-24(33)19-25/h3-15,19,21,26,28H,16-18,20H2,1-2H3,(H,36,42)(H,37,39)(H,38,41). The zero-order valence-electron chi connectivity index (χ0n) is 23.8. The highest BCUT2D eigenvalue weighted by Crippen LogP contribution is 2.21. The molecule has 0 aromatic heterocycles. The summed E-state index contributed by atoms with van der Waals surface area (Å²) >= 11 is 5.94. The van der Waals surface area contributed by atoms with E-state index in [9.17, 15) is 19.2 Å². The summed E-state index contributed by atoms with van der Waals surface area (Å²) in [5.74, 6) is -9.89. The van der Waals surface area contributed by atoms with Crippen molar-refractivity contribution in [1.29, 1.82) is 0 Å². The molecular formula is C32H34ClF2N3O5. The van der Waals surface area contributed by atoms with Crippen molar-refractivity contribution in [3.05, 3.63) is 101 Å². The van der Waals surface area contributed by atoms with Crippen molar-refractivity contribution in [3.63, 3.8) is 0 Å². The second-order valence-corrected chi connectivity index (χ2v) is 10.7. The highest BCUT2D eigenvalue weighted by Gasteiger charge is 2.51. The number of benzene rings is 3. The van der Waals surface area contributed by atoms with Gasteiger partial charge in [0, 0.05) is 18.0 Å².